The van der Waals surface area contributed by atoms with E-state index in [0.717, 1.165) is 5.56 Å². The molecule has 0 unspecified atom stereocenters. The molecule has 0 bridgehead atoms. The largest absolute Gasteiger partial charge is 0.507 e. The van der Waals surface area contributed by atoms with Crippen LogP contribution in [-0.4, -0.2) is 18.6 Å². The van der Waals surface area contributed by atoms with E-state index in [0.29, 0.717) is 5.56 Å². The summed E-state index contributed by atoms with van der Waals surface area (Å²) in [6, 6.07) is 7.38. The first-order chi connectivity index (χ1) is 9.25. The average molecular weight is 292 g/mol. The molecule has 0 aliphatic carbocycles. The average Bonchev–Trinajstić information content (AvgIpc) is 2.35. The molecule has 20 heavy (non-hydrogen) atoms. The van der Waals surface area contributed by atoms with Crippen molar-refractivity contribution in [3.05, 3.63) is 47.0 Å². The predicted molar refractivity (Wildman–Crippen MR) is 75.9 cm³/mol. The minimum Gasteiger partial charge on any atom is -0.507 e. The van der Waals surface area contributed by atoms with Crippen LogP contribution < -0.4 is 0 Å². The fraction of sp³-hybridized carbons (Fsp3) is 0.200. The van der Waals surface area contributed by atoms with Crippen molar-refractivity contribution in [3.63, 3.8) is 0 Å². The molecule has 106 valence electrons. The van der Waals surface area contributed by atoms with Crippen LogP contribution in [0.5, 0.6) is 11.5 Å². The van der Waals surface area contributed by atoms with Gasteiger partial charge in [0.25, 0.3) is 0 Å². The highest BCUT2D eigenvalue weighted by molar-refractivity contribution is 7.91. The molecule has 0 heterocycles. The van der Waals surface area contributed by atoms with Gasteiger partial charge < -0.3 is 10.2 Å². The van der Waals surface area contributed by atoms with E-state index < -0.39 is 9.84 Å². The van der Waals surface area contributed by atoms with Crippen LogP contribution in [0.4, 0.5) is 0 Å². The zero-order valence-electron chi connectivity index (χ0n) is 11.5. The Morgan fingerprint density at radius 2 is 1.50 bits per heavy atom. The van der Waals surface area contributed by atoms with Gasteiger partial charge >= 0.3 is 0 Å². The Bertz CT molecular complexity index is 777. The number of phenols is 2. The van der Waals surface area contributed by atoms with Gasteiger partial charge in [0.15, 0.2) is 0 Å². The predicted octanol–water partition coefficient (Wildman–Crippen LogP) is 2.86. The molecule has 0 aliphatic rings. The van der Waals surface area contributed by atoms with E-state index in [1.165, 1.54) is 18.2 Å². The van der Waals surface area contributed by atoms with Crippen LogP contribution in [0.1, 0.15) is 16.7 Å². The molecule has 0 amide bonds. The van der Waals surface area contributed by atoms with Gasteiger partial charge in [-0.2, -0.15) is 0 Å². The number of sulfone groups is 1. The van der Waals surface area contributed by atoms with Gasteiger partial charge in [0.2, 0.25) is 9.84 Å². The lowest BCUT2D eigenvalue weighted by molar-refractivity contribution is 0.456. The maximum Gasteiger partial charge on any atom is 0.210 e. The molecule has 0 fully saturated rings. The molecule has 0 radical (unpaired) electrons. The van der Waals surface area contributed by atoms with Gasteiger partial charge in [-0.25, -0.2) is 8.42 Å². The molecule has 2 rings (SSSR count). The summed E-state index contributed by atoms with van der Waals surface area (Å²) in [6.07, 6.45) is 0. The van der Waals surface area contributed by atoms with Crippen molar-refractivity contribution in [1.82, 2.24) is 0 Å². The molecule has 4 nitrogen and oxygen atoms in total. The van der Waals surface area contributed by atoms with E-state index in [1.54, 1.807) is 32.9 Å². The normalized spacial score (nSPS) is 11.6. The van der Waals surface area contributed by atoms with E-state index >= 15 is 0 Å². The second-order valence-electron chi connectivity index (χ2n) is 4.83. The van der Waals surface area contributed by atoms with Crippen molar-refractivity contribution < 1.29 is 18.6 Å². The van der Waals surface area contributed by atoms with Crippen LogP contribution in [0.15, 0.2) is 40.1 Å². The van der Waals surface area contributed by atoms with Crippen molar-refractivity contribution in [2.24, 2.45) is 0 Å². The van der Waals surface area contributed by atoms with Gasteiger partial charge in [-0.15, -0.1) is 0 Å². The van der Waals surface area contributed by atoms with Crippen LogP contribution >= 0.6 is 0 Å². The molecule has 0 aliphatic heterocycles. The number of aryl methyl sites for hydroxylation is 2. The molecule has 0 saturated carbocycles. The van der Waals surface area contributed by atoms with Crippen molar-refractivity contribution in [3.8, 4) is 11.5 Å². The van der Waals surface area contributed by atoms with Gasteiger partial charge in [-0.05, 0) is 50.1 Å². The summed E-state index contributed by atoms with van der Waals surface area (Å²) < 4.78 is 25.2. The first-order valence-corrected chi connectivity index (χ1v) is 7.57. The van der Waals surface area contributed by atoms with E-state index in [-0.39, 0.29) is 26.9 Å². The van der Waals surface area contributed by atoms with Crippen LogP contribution in [0.3, 0.4) is 0 Å². The lowest BCUT2D eigenvalue weighted by Crippen LogP contribution is -2.05. The Hall–Kier alpha value is -2.01. The number of hydrogen-bond donors (Lipinski definition) is 2. The summed E-state index contributed by atoms with van der Waals surface area (Å²) in [5.41, 5.74) is 1.66. The van der Waals surface area contributed by atoms with Gasteiger partial charge in [-0.1, -0.05) is 12.1 Å². The van der Waals surface area contributed by atoms with Gasteiger partial charge in [-0.3, -0.25) is 0 Å². The quantitative estimate of drug-likeness (QED) is 0.892. The van der Waals surface area contributed by atoms with Crippen LogP contribution in [0, 0.1) is 20.8 Å². The molecular formula is C15H16O4S. The number of aromatic hydroxyl groups is 2. The van der Waals surface area contributed by atoms with Crippen molar-refractivity contribution >= 4 is 9.84 Å². The number of hydrogen-bond acceptors (Lipinski definition) is 4. The third-order valence-electron chi connectivity index (χ3n) is 3.28. The molecule has 2 N–H and O–H groups in total. The number of phenolic OH excluding ortho intramolecular Hbond substituents is 2. The van der Waals surface area contributed by atoms with Crippen molar-refractivity contribution in [1.29, 1.82) is 0 Å². The van der Waals surface area contributed by atoms with Gasteiger partial charge in [0, 0.05) is 5.56 Å². The third kappa shape index (κ3) is 2.25. The molecule has 0 aromatic heterocycles. The SMILES string of the molecule is Cc1ccc(S(=O)(=O)c2ccc(C)c(O)c2C)c(O)c1. The number of benzene rings is 2. The highest BCUT2D eigenvalue weighted by Crippen LogP contribution is 2.34. The Kier molecular flexibility index (Phi) is 3.48. The topological polar surface area (TPSA) is 74.6 Å². The minimum atomic E-state index is -3.87. The molecule has 0 spiro atoms. The summed E-state index contributed by atoms with van der Waals surface area (Å²) in [6.45, 7) is 5.00. The van der Waals surface area contributed by atoms with Crippen molar-refractivity contribution in [2.75, 3.05) is 0 Å². The third-order valence-corrected chi connectivity index (χ3v) is 5.22. The molecule has 2 aromatic rings. The van der Waals surface area contributed by atoms with Crippen LogP contribution in [0.25, 0.3) is 0 Å². The minimum absolute atomic E-state index is 0.000229. The van der Waals surface area contributed by atoms with Gasteiger partial charge in [0.05, 0.1) is 4.90 Å². The second kappa shape index (κ2) is 4.83. The van der Waals surface area contributed by atoms with Crippen molar-refractivity contribution in [2.45, 2.75) is 30.6 Å². The first kappa shape index (κ1) is 14.4. The summed E-state index contributed by atoms with van der Waals surface area (Å²) in [7, 11) is -3.87. The Morgan fingerprint density at radius 3 is 2.10 bits per heavy atom. The van der Waals surface area contributed by atoms with E-state index in [1.807, 2.05) is 0 Å². The van der Waals surface area contributed by atoms with E-state index in [4.69, 9.17) is 0 Å². The molecule has 0 atom stereocenters. The monoisotopic (exact) mass is 292 g/mol. The lowest BCUT2D eigenvalue weighted by Gasteiger charge is -2.12. The molecule has 0 saturated heterocycles. The molecular weight excluding hydrogens is 276 g/mol. The standard InChI is InChI=1S/C15H16O4S/c1-9-4-6-14(12(16)8-9)20(18,19)13-7-5-10(2)15(17)11(13)3/h4-8,16-17H,1-3H3. The Labute approximate surface area is 118 Å². The van der Waals surface area contributed by atoms with E-state index in [9.17, 15) is 18.6 Å². The zero-order chi connectivity index (χ0) is 15.1. The fourth-order valence-electron chi connectivity index (χ4n) is 2.08. The number of rotatable bonds is 2. The molecule has 2 aromatic carbocycles. The second-order valence-corrected chi connectivity index (χ2v) is 6.72. The summed E-state index contributed by atoms with van der Waals surface area (Å²) in [5, 5.41) is 19.7. The smallest absolute Gasteiger partial charge is 0.210 e. The zero-order valence-corrected chi connectivity index (χ0v) is 12.3. The Morgan fingerprint density at radius 1 is 0.900 bits per heavy atom. The lowest BCUT2D eigenvalue weighted by atomic mass is 10.1. The highest BCUT2D eigenvalue weighted by Gasteiger charge is 2.24. The summed E-state index contributed by atoms with van der Waals surface area (Å²) in [4.78, 5) is -0.158. The molecule has 5 heteroatoms. The fourth-order valence-corrected chi connectivity index (χ4v) is 3.65. The Balaban J connectivity index is 2.70. The summed E-state index contributed by atoms with van der Waals surface area (Å²) >= 11 is 0. The van der Waals surface area contributed by atoms with Crippen LogP contribution in [0.2, 0.25) is 0 Å². The van der Waals surface area contributed by atoms with E-state index in [2.05, 4.69) is 0 Å². The highest BCUT2D eigenvalue weighted by atomic mass is 32.2. The summed E-state index contributed by atoms with van der Waals surface area (Å²) in [5.74, 6) is -0.331. The van der Waals surface area contributed by atoms with Crippen LogP contribution in [-0.2, 0) is 9.84 Å². The maximum absolute atomic E-state index is 12.6. The van der Waals surface area contributed by atoms with Gasteiger partial charge in [0.1, 0.15) is 16.4 Å². The first-order valence-electron chi connectivity index (χ1n) is 6.09. The maximum atomic E-state index is 12.6.